The van der Waals surface area contributed by atoms with Gasteiger partial charge in [0.1, 0.15) is 5.52 Å². The van der Waals surface area contributed by atoms with Crippen LogP contribution in [0.25, 0.3) is 11.0 Å². The number of nitrogens with zero attached hydrogens (tertiary/aromatic N) is 4. The van der Waals surface area contributed by atoms with Gasteiger partial charge in [0.05, 0.1) is 44.3 Å². The highest BCUT2D eigenvalue weighted by Gasteiger charge is 2.34. The SMILES string of the molecule is CCOC(=O)CC(c1ccc(C)c([C@@H](C)N2CC=C(O)OS2(=O)=O)c1)c1ccc2c(nnn2CCOCCBr)c1C. The van der Waals surface area contributed by atoms with E-state index in [-0.39, 0.29) is 31.5 Å². The van der Waals surface area contributed by atoms with Crippen molar-refractivity contribution in [2.24, 2.45) is 0 Å². The zero-order chi connectivity index (χ0) is 29.7. The number of rotatable bonds is 12. The minimum atomic E-state index is -4.18. The summed E-state index contributed by atoms with van der Waals surface area (Å²) in [5.41, 5.74) is 5.87. The van der Waals surface area contributed by atoms with E-state index in [0.717, 1.165) is 44.2 Å². The van der Waals surface area contributed by atoms with Gasteiger partial charge >= 0.3 is 16.3 Å². The van der Waals surface area contributed by atoms with Crippen LogP contribution in [-0.4, -0.2) is 70.5 Å². The van der Waals surface area contributed by atoms with Gasteiger partial charge < -0.3 is 18.8 Å². The predicted octanol–water partition coefficient (Wildman–Crippen LogP) is 4.58. The minimum Gasteiger partial charge on any atom is -0.480 e. The van der Waals surface area contributed by atoms with E-state index in [1.165, 1.54) is 10.4 Å². The topological polar surface area (TPSA) is 133 Å². The number of carbonyl (C=O) groups is 1. The van der Waals surface area contributed by atoms with E-state index in [9.17, 15) is 18.3 Å². The fraction of sp³-hybridized carbons (Fsp3) is 0.464. The van der Waals surface area contributed by atoms with Gasteiger partial charge in [0.2, 0.25) is 0 Å². The van der Waals surface area contributed by atoms with Crippen LogP contribution in [0.2, 0.25) is 0 Å². The molecule has 3 aromatic rings. The first-order chi connectivity index (χ1) is 19.6. The smallest absolute Gasteiger partial charge is 0.388 e. The number of esters is 1. The van der Waals surface area contributed by atoms with E-state index in [0.29, 0.717) is 19.8 Å². The lowest BCUT2D eigenvalue weighted by molar-refractivity contribution is -0.143. The number of carbonyl (C=O) groups excluding carboxylic acids is 1. The van der Waals surface area contributed by atoms with Gasteiger partial charge in [-0.2, -0.15) is 12.7 Å². The summed E-state index contributed by atoms with van der Waals surface area (Å²) in [7, 11) is -4.18. The molecule has 0 saturated heterocycles. The first-order valence-electron chi connectivity index (χ1n) is 13.4. The van der Waals surface area contributed by atoms with E-state index in [1.54, 1.807) is 18.5 Å². The molecule has 0 spiro atoms. The third-order valence-corrected chi connectivity index (χ3v) is 8.96. The molecule has 0 aliphatic carbocycles. The molecule has 41 heavy (non-hydrogen) atoms. The van der Waals surface area contributed by atoms with Gasteiger partial charge in [0, 0.05) is 23.9 Å². The third kappa shape index (κ3) is 6.91. The maximum atomic E-state index is 12.8. The zero-order valence-corrected chi connectivity index (χ0v) is 25.9. The molecule has 1 N–H and O–H groups in total. The van der Waals surface area contributed by atoms with Gasteiger partial charge in [-0.3, -0.25) is 4.79 Å². The number of aliphatic hydroxyl groups is 1. The first-order valence-corrected chi connectivity index (χ1v) is 15.9. The number of hydrogen-bond donors (Lipinski definition) is 1. The summed E-state index contributed by atoms with van der Waals surface area (Å²) in [4.78, 5) is 12.8. The standard InChI is InChI=1S/C28H35BrN4O7S/c1-5-39-27(35)17-24(22-8-9-25-28(19(22)3)30-31-32(25)13-15-38-14-11-29)21-7-6-18(2)23(16-21)20(4)33-12-10-26(34)40-41(33,36)37/h6-10,16,20,24,34H,5,11-15,17H2,1-4H3/t20-,24?/m1/s1. The third-order valence-electron chi connectivity index (χ3n) is 7.21. The summed E-state index contributed by atoms with van der Waals surface area (Å²) < 4.78 is 43.9. The number of ether oxygens (including phenoxy) is 2. The molecule has 4 rings (SSSR count). The van der Waals surface area contributed by atoms with Gasteiger partial charge in [0.25, 0.3) is 5.95 Å². The Morgan fingerprint density at radius 3 is 2.68 bits per heavy atom. The summed E-state index contributed by atoms with van der Waals surface area (Å²) >= 11 is 3.35. The van der Waals surface area contributed by atoms with Gasteiger partial charge in [-0.1, -0.05) is 45.4 Å². The summed E-state index contributed by atoms with van der Waals surface area (Å²) in [6, 6.07) is 9.14. The van der Waals surface area contributed by atoms with Crippen molar-refractivity contribution in [3.05, 3.63) is 70.2 Å². The molecule has 13 heteroatoms. The van der Waals surface area contributed by atoms with Crippen LogP contribution in [0.3, 0.4) is 0 Å². The van der Waals surface area contributed by atoms with Gasteiger partial charge in [0.15, 0.2) is 0 Å². The molecule has 1 unspecified atom stereocenters. The molecule has 0 amide bonds. The van der Waals surface area contributed by atoms with E-state index in [1.807, 2.05) is 44.2 Å². The second kappa shape index (κ2) is 13.3. The number of benzene rings is 2. The van der Waals surface area contributed by atoms with Crippen molar-refractivity contribution in [2.75, 3.05) is 31.7 Å². The monoisotopic (exact) mass is 650 g/mol. The molecule has 0 bridgehead atoms. The van der Waals surface area contributed by atoms with E-state index in [2.05, 4.69) is 26.2 Å². The van der Waals surface area contributed by atoms with Crippen LogP contribution in [0.1, 0.15) is 60.0 Å². The lowest BCUT2D eigenvalue weighted by Gasteiger charge is -2.30. The van der Waals surface area contributed by atoms with E-state index in [4.69, 9.17) is 13.7 Å². The first kappa shape index (κ1) is 30.9. The lowest BCUT2D eigenvalue weighted by atomic mass is 9.83. The molecule has 2 aromatic carbocycles. The van der Waals surface area contributed by atoms with Crippen molar-refractivity contribution in [2.45, 2.75) is 52.6 Å². The molecule has 0 saturated carbocycles. The average Bonchev–Trinajstić information content (AvgIpc) is 3.34. The number of alkyl halides is 1. The molecule has 2 atom stereocenters. The normalized spacial score (nSPS) is 16.7. The number of aromatic nitrogens is 3. The average molecular weight is 652 g/mol. The fourth-order valence-electron chi connectivity index (χ4n) is 5.11. The van der Waals surface area contributed by atoms with Crippen molar-refractivity contribution in [3.63, 3.8) is 0 Å². The molecule has 222 valence electrons. The van der Waals surface area contributed by atoms with Gasteiger partial charge in [-0.05, 0) is 61.6 Å². The predicted molar refractivity (Wildman–Crippen MR) is 157 cm³/mol. The molecular weight excluding hydrogens is 616 g/mol. The Morgan fingerprint density at radius 2 is 1.98 bits per heavy atom. The van der Waals surface area contributed by atoms with Crippen LogP contribution in [0.4, 0.5) is 0 Å². The Bertz CT molecular complexity index is 1540. The van der Waals surface area contributed by atoms with Crippen molar-refractivity contribution in [3.8, 4) is 0 Å². The lowest BCUT2D eigenvalue weighted by Crippen LogP contribution is -2.38. The Balaban J connectivity index is 1.73. The molecule has 1 aromatic heterocycles. The highest BCUT2D eigenvalue weighted by molar-refractivity contribution is 9.09. The van der Waals surface area contributed by atoms with E-state index >= 15 is 0 Å². The van der Waals surface area contributed by atoms with Crippen LogP contribution < -0.4 is 0 Å². The molecule has 2 heterocycles. The van der Waals surface area contributed by atoms with Crippen LogP contribution in [-0.2, 0) is 35.3 Å². The molecule has 1 aliphatic rings. The van der Waals surface area contributed by atoms with Crippen LogP contribution in [0.5, 0.6) is 0 Å². The highest BCUT2D eigenvalue weighted by atomic mass is 79.9. The fourth-order valence-corrected chi connectivity index (χ4v) is 6.48. The molecule has 0 radical (unpaired) electrons. The van der Waals surface area contributed by atoms with Crippen LogP contribution >= 0.6 is 15.9 Å². The van der Waals surface area contributed by atoms with Crippen LogP contribution in [0, 0.1) is 13.8 Å². The Morgan fingerprint density at radius 1 is 1.20 bits per heavy atom. The zero-order valence-electron chi connectivity index (χ0n) is 23.5. The molecule has 1 aliphatic heterocycles. The summed E-state index contributed by atoms with van der Waals surface area (Å²) in [5, 5.41) is 19.1. The maximum Gasteiger partial charge on any atom is 0.388 e. The quantitative estimate of drug-likeness (QED) is 0.170. The van der Waals surface area contributed by atoms with Crippen molar-refractivity contribution in [1.29, 1.82) is 0 Å². The molecule has 0 fully saturated rings. The van der Waals surface area contributed by atoms with Crippen LogP contribution in [0.15, 0.2) is 42.4 Å². The summed E-state index contributed by atoms with van der Waals surface area (Å²) in [6.07, 6.45) is 1.40. The van der Waals surface area contributed by atoms with E-state index < -0.39 is 22.3 Å². The second-order valence-corrected chi connectivity index (χ2v) is 12.1. The van der Waals surface area contributed by atoms with Crippen molar-refractivity contribution in [1.82, 2.24) is 19.3 Å². The minimum absolute atomic E-state index is 0.0299. The Hall–Kier alpha value is -3.00. The highest BCUT2D eigenvalue weighted by Crippen LogP contribution is 2.37. The summed E-state index contributed by atoms with van der Waals surface area (Å²) in [5.74, 6) is -1.36. The van der Waals surface area contributed by atoms with Gasteiger partial charge in [-0.25, -0.2) is 4.68 Å². The molecular formula is C28H35BrN4O7S. The second-order valence-electron chi connectivity index (χ2n) is 9.77. The van der Waals surface area contributed by atoms with Crippen molar-refractivity contribution >= 4 is 43.2 Å². The number of hydrogen-bond acceptors (Lipinski definition) is 9. The van der Waals surface area contributed by atoms with Crippen molar-refractivity contribution < 1.29 is 32.0 Å². The largest absolute Gasteiger partial charge is 0.480 e. The number of aliphatic hydroxyl groups excluding tert-OH is 1. The number of fused-ring (bicyclic) bond motifs is 1. The molecule has 11 nitrogen and oxygen atoms in total. The Labute approximate surface area is 248 Å². The Kier molecular flexibility index (Phi) is 10.1. The summed E-state index contributed by atoms with van der Waals surface area (Å²) in [6.45, 7) is 9.30. The maximum absolute atomic E-state index is 12.8. The van der Waals surface area contributed by atoms with Gasteiger partial charge in [-0.15, -0.1) is 5.10 Å². The number of halogens is 1. The number of aryl methyl sites for hydroxylation is 2.